The second kappa shape index (κ2) is 12.2. The maximum absolute atomic E-state index is 15.2. The number of hydrogen-bond acceptors (Lipinski definition) is 1. The Morgan fingerprint density at radius 1 is 0.667 bits per heavy atom. The zero-order valence-corrected chi connectivity index (χ0v) is 23.6. The summed E-state index contributed by atoms with van der Waals surface area (Å²) in [4.78, 5) is 0. The maximum Gasteiger partial charge on any atom is 0.458 e. The molecule has 0 saturated heterocycles. The first-order valence-corrected chi connectivity index (χ1v) is 15.1. The molecule has 1 nitrogen and oxygen atoms in total. The molecule has 0 radical (unpaired) electrons. The summed E-state index contributed by atoms with van der Waals surface area (Å²) in [6.45, 7) is 2.33. The molecule has 0 heterocycles. The van der Waals surface area contributed by atoms with E-state index < -0.39 is 57.7 Å². The van der Waals surface area contributed by atoms with Crippen molar-refractivity contribution in [3.05, 3.63) is 41.2 Å². The summed E-state index contributed by atoms with van der Waals surface area (Å²) < 4.78 is 116. The van der Waals surface area contributed by atoms with Gasteiger partial charge in [0, 0.05) is 12.0 Å². The molecule has 0 atom stereocenters. The average molecular weight is 601 g/mol. The highest BCUT2D eigenvalue weighted by Gasteiger charge is 2.45. The van der Waals surface area contributed by atoms with Gasteiger partial charge in [0.1, 0.15) is 17.4 Å². The smallest absolute Gasteiger partial charge is 0.432 e. The van der Waals surface area contributed by atoms with Crippen LogP contribution in [0.4, 0.5) is 35.1 Å². The van der Waals surface area contributed by atoms with E-state index in [2.05, 4.69) is 6.92 Å². The average Bonchev–Trinajstić information content (AvgIpc) is 2.92. The number of ether oxygens (including phenoxy) is 1. The molecule has 0 bridgehead atoms. The highest BCUT2D eigenvalue weighted by Crippen LogP contribution is 2.48. The van der Waals surface area contributed by atoms with Gasteiger partial charge >= 0.3 is 12.3 Å². The Balaban J connectivity index is 1.20. The molecule has 9 heteroatoms. The lowest BCUT2D eigenvalue weighted by molar-refractivity contribution is -0.224. The van der Waals surface area contributed by atoms with Crippen molar-refractivity contribution in [2.24, 2.45) is 35.5 Å². The summed E-state index contributed by atoms with van der Waals surface area (Å²) in [6, 6.07) is 1.95. The molecule has 230 valence electrons. The molecule has 3 saturated carbocycles. The summed E-state index contributed by atoms with van der Waals surface area (Å²) >= 11 is 0. The lowest BCUT2D eigenvalue weighted by Gasteiger charge is -2.41. The van der Waals surface area contributed by atoms with E-state index in [4.69, 9.17) is 4.74 Å². The van der Waals surface area contributed by atoms with E-state index >= 15 is 8.78 Å². The second-order valence-electron chi connectivity index (χ2n) is 12.8. The fourth-order valence-electron chi connectivity index (χ4n) is 7.71. The third-order valence-corrected chi connectivity index (χ3v) is 10.1. The Morgan fingerprint density at radius 3 is 1.69 bits per heavy atom. The van der Waals surface area contributed by atoms with Gasteiger partial charge in [-0.2, -0.15) is 22.0 Å². The van der Waals surface area contributed by atoms with Crippen LogP contribution in [0.2, 0.25) is 0 Å². The quantitative estimate of drug-likeness (QED) is 0.245. The topological polar surface area (TPSA) is 9.23 Å². The minimum absolute atomic E-state index is 0.263. The molecule has 42 heavy (non-hydrogen) atoms. The van der Waals surface area contributed by atoms with Crippen molar-refractivity contribution >= 4 is 10.8 Å². The van der Waals surface area contributed by atoms with Crippen LogP contribution < -0.4 is 4.74 Å². The first-order chi connectivity index (χ1) is 19.8. The normalized spacial score (nSPS) is 29.2. The lowest BCUT2D eigenvalue weighted by atomic mass is 9.65. The highest BCUT2D eigenvalue weighted by atomic mass is 19.4. The summed E-state index contributed by atoms with van der Waals surface area (Å²) in [5, 5.41) is -1.32. The van der Waals surface area contributed by atoms with Gasteiger partial charge in [-0.25, -0.2) is 13.2 Å². The maximum atomic E-state index is 15.2. The van der Waals surface area contributed by atoms with Gasteiger partial charge in [-0.05, 0) is 111 Å². The van der Waals surface area contributed by atoms with E-state index in [1.54, 1.807) is 0 Å². The summed E-state index contributed by atoms with van der Waals surface area (Å²) in [5.74, 6) is -0.651. The SMILES string of the molecule is CC1CCC(C2CCC(C3CCC(C(F)(F)Oc4cc(F)c5c(F)c(C#CC(F)(F)F)c(F)cc5c4)CC3)CC2)CC1. The molecule has 0 spiro atoms. The predicted molar refractivity (Wildman–Crippen MR) is 144 cm³/mol. The van der Waals surface area contributed by atoms with Crippen LogP contribution in [0.1, 0.15) is 89.5 Å². The monoisotopic (exact) mass is 600 g/mol. The molecule has 3 aliphatic rings. The molecular formula is C33H36F8O. The third-order valence-electron chi connectivity index (χ3n) is 10.1. The first-order valence-electron chi connectivity index (χ1n) is 15.1. The van der Waals surface area contributed by atoms with Crippen molar-refractivity contribution in [3.8, 4) is 17.6 Å². The van der Waals surface area contributed by atoms with Gasteiger partial charge in [0.05, 0.1) is 16.9 Å². The second-order valence-corrected chi connectivity index (χ2v) is 12.8. The fourth-order valence-corrected chi connectivity index (χ4v) is 7.71. The number of fused-ring (bicyclic) bond motifs is 1. The molecule has 0 aliphatic heterocycles. The molecule has 2 aromatic rings. The summed E-state index contributed by atoms with van der Waals surface area (Å²) in [7, 11) is 0. The summed E-state index contributed by atoms with van der Waals surface area (Å²) in [5.41, 5.74) is -1.26. The highest BCUT2D eigenvalue weighted by molar-refractivity contribution is 5.87. The molecule has 3 aliphatic carbocycles. The number of rotatable bonds is 5. The molecule has 3 fully saturated rings. The van der Waals surface area contributed by atoms with Crippen LogP contribution in [0, 0.1) is 64.8 Å². The van der Waals surface area contributed by atoms with E-state index in [1.807, 2.05) is 0 Å². The van der Waals surface area contributed by atoms with Crippen molar-refractivity contribution in [2.75, 3.05) is 0 Å². The minimum atomic E-state index is -5.01. The van der Waals surface area contributed by atoms with E-state index in [0.29, 0.717) is 36.8 Å². The Morgan fingerprint density at radius 2 is 1.17 bits per heavy atom. The lowest BCUT2D eigenvalue weighted by Crippen LogP contribution is -2.38. The van der Waals surface area contributed by atoms with E-state index in [-0.39, 0.29) is 12.8 Å². The van der Waals surface area contributed by atoms with Crippen molar-refractivity contribution in [3.63, 3.8) is 0 Å². The standard InChI is InChI=1S/C33H36F8O/c1-19-2-4-20(5-3-19)21-6-8-22(9-7-21)23-10-12-25(13-11-23)33(40,41)42-26-16-24-17-28(34)27(14-15-32(37,38)39)31(36)30(24)29(35)18-26/h16-23,25H,2-13H2,1H3. The number of halogens is 8. The van der Waals surface area contributed by atoms with E-state index in [0.717, 1.165) is 42.6 Å². The van der Waals surface area contributed by atoms with Gasteiger partial charge in [-0.15, -0.1) is 0 Å². The Bertz CT molecular complexity index is 1320. The minimum Gasteiger partial charge on any atom is -0.432 e. The number of hydrogen-bond donors (Lipinski definition) is 0. The molecule has 2 aromatic carbocycles. The number of alkyl halides is 5. The Kier molecular flexibility index (Phi) is 9.02. The molecule has 0 aromatic heterocycles. The molecule has 0 N–H and O–H groups in total. The Hall–Kier alpha value is -2.50. The van der Waals surface area contributed by atoms with Gasteiger partial charge < -0.3 is 4.74 Å². The van der Waals surface area contributed by atoms with Gasteiger partial charge in [0.15, 0.2) is 5.82 Å². The van der Waals surface area contributed by atoms with E-state index in [9.17, 15) is 26.3 Å². The van der Waals surface area contributed by atoms with Gasteiger partial charge in [0.2, 0.25) is 0 Å². The zero-order chi connectivity index (χ0) is 30.2. The molecule has 5 rings (SSSR count). The van der Waals surface area contributed by atoms with E-state index in [1.165, 1.54) is 44.4 Å². The molecule has 0 unspecified atom stereocenters. The van der Waals surface area contributed by atoms with Crippen LogP contribution in [0.3, 0.4) is 0 Å². The van der Waals surface area contributed by atoms with Gasteiger partial charge in [-0.3, -0.25) is 0 Å². The van der Waals surface area contributed by atoms with Crippen molar-refractivity contribution < 1.29 is 39.9 Å². The molecular weight excluding hydrogens is 564 g/mol. The third kappa shape index (κ3) is 7.00. The zero-order valence-electron chi connectivity index (χ0n) is 23.6. The van der Waals surface area contributed by atoms with Gasteiger partial charge in [-0.1, -0.05) is 25.7 Å². The van der Waals surface area contributed by atoms with Crippen LogP contribution in [0.5, 0.6) is 5.75 Å². The largest absolute Gasteiger partial charge is 0.458 e. The number of benzene rings is 2. The van der Waals surface area contributed by atoms with Crippen LogP contribution in [-0.2, 0) is 0 Å². The van der Waals surface area contributed by atoms with Crippen molar-refractivity contribution in [1.29, 1.82) is 0 Å². The fraction of sp³-hybridized carbons (Fsp3) is 0.636. The van der Waals surface area contributed by atoms with Crippen LogP contribution in [0.25, 0.3) is 10.8 Å². The Labute approximate surface area is 241 Å². The predicted octanol–water partition coefficient (Wildman–Crippen LogP) is 10.6. The van der Waals surface area contributed by atoms with Gasteiger partial charge in [0.25, 0.3) is 0 Å². The van der Waals surface area contributed by atoms with Crippen molar-refractivity contribution in [1.82, 2.24) is 0 Å². The van der Waals surface area contributed by atoms with Crippen LogP contribution in [-0.4, -0.2) is 12.3 Å². The van der Waals surface area contributed by atoms with Crippen LogP contribution >= 0.6 is 0 Å². The molecule has 0 amide bonds. The van der Waals surface area contributed by atoms with Crippen LogP contribution in [0.15, 0.2) is 18.2 Å². The first kappa shape index (κ1) is 30.9. The van der Waals surface area contributed by atoms with Crippen molar-refractivity contribution in [2.45, 2.75) is 96.3 Å². The summed E-state index contributed by atoms with van der Waals surface area (Å²) in [6.07, 6.45) is 3.32.